The summed E-state index contributed by atoms with van der Waals surface area (Å²) in [4.78, 5) is 23.7. The number of hydrogen-bond donors (Lipinski definition) is 1. The molecule has 1 saturated carbocycles. The van der Waals surface area contributed by atoms with Crippen LogP contribution in [0.15, 0.2) is 0 Å². The van der Waals surface area contributed by atoms with Crippen molar-refractivity contribution >= 4 is 11.9 Å². The molecule has 0 radical (unpaired) electrons. The van der Waals surface area contributed by atoms with E-state index in [1.807, 2.05) is 34.6 Å². The summed E-state index contributed by atoms with van der Waals surface area (Å²) in [5.74, 6) is 0.105. The van der Waals surface area contributed by atoms with Crippen LogP contribution in [-0.4, -0.2) is 24.0 Å². The van der Waals surface area contributed by atoms with Crippen molar-refractivity contribution in [2.24, 2.45) is 11.3 Å². The SMILES string of the molecule is CC(C)[C@H](NC(=O)OC1CC1)C(=O)C(C)(C)C. The molecule has 1 atom stereocenters. The van der Waals surface area contributed by atoms with Crippen molar-refractivity contribution in [2.45, 2.75) is 59.6 Å². The van der Waals surface area contributed by atoms with Crippen molar-refractivity contribution in [3.05, 3.63) is 0 Å². The molecule has 0 heterocycles. The lowest BCUT2D eigenvalue weighted by Crippen LogP contribution is -2.48. The van der Waals surface area contributed by atoms with E-state index in [1.54, 1.807) is 0 Å². The highest BCUT2D eigenvalue weighted by Gasteiger charge is 2.34. The number of ketones is 1. The van der Waals surface area contributed by atoms with Crippen LogP contribution in [-0.2, 0) is 9.53 Å². The van der Waals surface area contributed by atoms with Gasteiger partial charge in [-0.25, -0.2) is 4.79 Å². The van der Waals surface area contributed by atoms with E-state index < -0.39 is 17.6 Å². The predicted octanol–water partition coefficient (Wildman–Crippen LogP) is 2.51. The summed E-state index contributed by atoms with van der Waals surface area (Å²) in [5, 5.41) is 2.68. The summed E-state index contributed by atoms with van der Waals surface area (Å²) in [5.41, 5.74) is -0.457. The zero-order valence-corrected chi connectivity index (χ0v) is 11.4. The van der Waals surface area contributed by atoms with Gasteiger partial charge in [0.05, 0.1) is 6.04 Å². The number of nitrogens with one attached hydrogen (secondary N) is 1. The van der Waals surface area contributed by atoms with Crippen LogP contribution in [0.2, 0.25) is 0 Å². The number of carbonyl (C=O) groups is 2. The molecule has 1 aliphatic carbocycles. The van der Waals surface area contributed by atoms with Gasteiger partial charge in [0.1, 0.15) is 6.10 Å². The Balaban J connectivity index is 2.58. The summed E-state index contributed by atoms with van der Waals surface area (Å²) < 4.78 is 5.10. The maximum absolute atomic E-state index is 12.2. The van der Waals surface area contributed by atoms with Crippen LogP contribution in [0, 0.1) is 11.3 Å². The number of amides is 1. The second-order valence-corrected chi connectivity index (χ2v) is 6.08. The van der Waals surface area contributed by atoms with Crippen molar-refractivity contribution in [3.63, 3.8) is 0 Å². The summed E-state index contributed by atoms with van der Waals surface area (Å²) in [6.45, 7) is 9.42. The van der Waals surface area contributed by atoms with Crippen LogP contribution in [0.3, 0.4) is 0 Å². The topological polar surface area (TPSA) is 55.4 Å². The molecule has 0 aromatic carbocycles. The van der Waals surface area contributed by atoms with Gasteiger partial charge in [-0.3, -0.25) is 4.79 Å². The number of carbonyl (C=O) groups excluding carboxylic acids is 2. The van der Waals surface area contributed by atoms with Gasteiger partial charge in [0.15, 0.2) is 5.78 Å². The molecule has 4 nitrogen and oxygen atoms in total. The van der Waals surface area contributed by atoms with Crippen LogP contribution in [0.5, 0.6) is 0 Å². The molecule has 0 aromatic heterocycles. The summed E-state index contributed by atoms with van der Waals surface area (Å²) in [7, 11) is 0. The Morgan fingerprint density at radius 2 is 1.76 bits per heavy atom. The molecule has 1 rings (SSSR count). The molecule has 0 saturated heterocycles. The molecule has 4 heteroatoms. The quantitative estimate of drug-likeness (QED) is 0.822. The first-order valence-electron chi connectivity index (χ1n) is 6.23. The van der Waals surface area contributed by atoms with Crippen molar-refractivity contribution in [3.8, 4) is 0 Å². The standard InChI is InChI=1S/C13H23NO3/c1-8(2)10(11(15)13(3,4)5)14-12(16)17-9-6-7-9/h8-10H,6-7H2,1-5H3,(H,14,16)/t10-/m0/s1. The molecule has 0 aromatic rings. The van der Waals surface area contributed by atoms with E-state index in [2.05, 4.69) is 5.32 Å². The highest BCUT2D eigenvalue weighted by molar-refractivity contribution is 5.91. The molecule has 98 valence electrons. The third-order valence-corrected chi connectivity index (χ3v) is 2.76. The molecule has 1 N–H and O–H groups in total. The van der Waals surface area contributed by atoms with E-state index in [9.17, 15) is 9.59 Å². The van der Waals surface area contributed by atoms with Gasteiger partial charge in [-0.05, 0) is 18.8 Å². The lowest BCUT2D eigenvalue weighted by atomic mass is 9.82. The van der Waals surface area contributed by atoms with Crippen LogP contribution in [0.25, 0.3) is 0 Å². The van der Waals surface area contributed by atoms with Gasteiger partial charge >= 0.3 is 6.09 Å². The van der Waals surface area contributed by atoms with Crippen LogP contribution < -0.4 is 5.32 Å². The van der Waals surface area contributed by atoms with Gasteiger partial charge in [-0.1, -0.05) is 34.6 Å². The Kier molecular flexibility index (Phi) is 4.17. The molecule has 0 unspecified atom stereocenters. The van der Waals surface area contributed by atoms with E-state index in [0.717, 1.165) is 12.8 Å². The number of hydrogen-bond acceptors (Lipinski definition) is 3. The predicted molar refractivity (Wildman–Crippen MR) is 65.7 cm³/mol. The maximum Gasteiger partial charge on any atom is 0.408 e. The Labute approximate surface area is 103 Å². The Bertz CT molecular complexity index is 300. The minimum absolute atomic E-state index is 0.0419. The normalized spacial score (nSPS) is 17.8. The number of Topliss-reactive ketones (excluding diaryl/α,β-unsaturated/α-hetero) is 1. The van der Waals surface area contributed by atoms with Crippen LogP contribution in [0.4, 0.5) is 4.79 Å². The average Bonchev–Trinajstić information content (AvgIpc) is 2.95. The zero-order valence-electron chi connectivity index (χ0n) is 11.4. The zero-order chi connectivity index (χ0) is 13.2. The fraction of sp³-hybridized carbons (Fsp3) is 0.846. The van der Waals surface area contributed by atoms with Crippen molar-refractivity contribution in [1.82, 2.24) is 5.32 Å². The second kappa shape index (κ2) is 5.07. The van der Waals surface area contributed by atoms with Gasteiger partial charge < -0.3 is 10.1 Å². The molecule has 1 aliphatic rings. The second-order valence-electron chi connectivity index (χ2n) is 6.08. The average molecular weight is 241 g/mol. The fourth-order valence-corrected chi connectivity index (χ4v) is 1.50. The molecular weight excluding hydrogens is 218 g/mol. The Morgan fingerprint density at radius 1 is 1.24 bits per heavy atom. The molecule has 1 amide bonds. The minimum atomic E-state index is -0.471. The Hall–Kier alpha value is -1.06. The van der Waals surface area contributed by atoms with Gasteiger partial charge in [0.2, 0.25) is 0 Å². The molecule has 1 fully saturated rings. The minimum Gasteiger partial charge on any atom is -0.446 e. The lowest BCUT2D eigenvalue weighted by Gasteiger charge is -2.27. The van der Waals surface area contributed by atoms with E-state index in [4.69, 9.17) is 4.74 Å². The first-order valence-corrected chi connectivity index (χ1v) is 6.23. The van der Waals surface area contributed by atoms with Gasteiger partial charge in [0.25, 0.3) is 0 Å². The van der Waals surface area contributed by atoms with E-state index >= 15 is 0 Å². The first kappa shape index (κ1) is 14.0. The maximum atomic E-state index is 12.2. The van der Waals surface area contributed by atoms with E-state index in [1.165, 1.54) is 0 Å². The smallest absolute Gasteiger partial charge is 0.408 e. The van der Waals surface area contributed by atoms with Gasteiger partial charge in [-0.2, -0.15) is 0 Å². The highest BCUT2D eigenvalue weighted by Crippen LogP contribution is 2.24. The largest absolute Gasteiger partial charge is 0.446 e. The van der Waals surface area contributed by atoms with E-state index in [-0.39, 0.29) is 17.8 Å². The van der Waals surface area contributed by atoms with Crippen LogP contribution in [0.1, 0.15) is 47.5 Å². The lowest BCUT2D eigenvalue weighted by molar-refractivity contribution is -0.129. The highest BCUT2D eigenvalue weighted by atomic mass is 16.6. The van der Waals surface area contributed by atoms with Crippen molar-refractivity contribution in [1.29, 1.82) is 0 Å². The number of rotatable bonds is 4. The third kappa shape index (κ3) is 4.36. The summed E-state index contributed by atoms with van der Waals surface area (Å²) in [6, 6.07) is -0.471. The Morgan fingerprint density at radius 3 is 2.12 bits per heavy atom. The molecule has 0 spiro atoms. The third-order valence-electron chi connectivity index (χ3n) is 2.76. The molecule has 0 aliphatic heterocycles. The first-order chi connectivity index (χ1) is 7.71. The number of ether oxygens (including phenoxy) is 1. The van der Waals surface area contributed by atoms with Crippen molar-refractivity contribution < 1.29 is 14.3 Å². The molecule has 0 bridgehead atoms. The van der Waals surface area contributed by atoms with Gasteiger partial charge in [-0.15, -0.1) is 0 Å². The summed E-state index contributed by atoms with van der Waals surface area (Å²) in [6.07, 6.45) is 1.47. The van der Waals surface area contributed by atoms with Crippen molar-refractivity contribution in [2.75, 3.05) is 0 Å². The van der Waals surface area contributed by atoms with Crippen LogP contribution >= 0.6 is 0 Å². The molecular formula is C13H23NO3. The number of alkyl carbamates (subject to hydrolysis) is 1. The summed E-state index contributed by atoms with van der Waals surface area (Å²) >= 11 is 0. The van der Waals surface area contributed by atoms with Gasteiger partial charge in [0, 0.05) is 5.41 Å². The fourth-order valence-electron chi connectivity index (χ4n) is 1.50. The molecule has 17 heavy (non-hydrogen) atoms. The monoisotopic (exact) mass is 241 g/mol. The van der Waals surface area contributed by atoms with E-state index in [0.29, 0.717) is 0 Å².